The van der Waals surface area contributed by atoms with Crippen molar-refractivity contribution in [1.82, 2.24) is 0 Å². The molecule has 8 aromatic rings. The molecule has 2 heterocycles. The summed E-state index contributed by atoms with van der Waals surface area (Å²) in [4.78, 5) is 113. The van der Waals surface area contributed by atoms with Crippen LogP contribution in [0.3, 0.4) is 0 Å². The Morgan fingerprint density at radius 3 is 1.21 bits per heavy atom. The van der Waals surface area contributed by atoms with Crippen molar-refractivity contribution in [2.45, 2.75) is 97.7 Å². The van der Waals surface area contributed by atoms with Crippen LogP contribution < -0.4 is 48.8 Å². The highest BCUT2D eigenvalue weighted by Gasteiger charge is 2.17. The van der Waals surface area contributed by atoms with E-state index < -0.39 is 42.1 Å². The van der Waals surface area contributed by atoms with E-state index in [4.69, 9.17) is 61.7 Å². The average molecular weight is 1440 g/mol. The zero-order valence-electron chi connectivity index (χ0n) is 59.1. The fraction of sp³-hybridized carbons (Fsp3) is 0.351. The van der Waals surface area contributed by atoms with Gasteiger partial charge in [-0.05, 0) is 174 Å². The van der Waals surface area contributed by atoms with Crippen molar-refractivity contribution in [3.05, 3.63) is 166 Å². The van der Waals surface area contributed by atoms with Gasteiger partial charge in [0.15, 0.2) is 42.1 Å². The molecule has 104 heavy (non-hydrogen) atoms. The van der Waals surface area contributed by atoms with Crippen LogP contribution >= 0.6 is 0 Å². The van der Waals surface area contributed by atoms with Gasteiger partial charge in [-0.15, -0.1) is 0 Å². The summed E-state index contributed by atoms with van der Waals surface area (Å²) in [5.41, 5.74) is 2.68. The molecule has 0 spiro atoms. The summed E-state index contributed by atoms with van der Waals surface area (Å²) in [6.45, 7) is 7.26. The molecule has 2 unspecified atom stereocenters. The number of unbranched alkanes of at least 4 members (excludes halogenated alkanes) is 4. The van der Waals surface area contributed by atoms with Crippen molar-refractivity contribution in [3.63, 3.8) is 0 Å². The Bertz CT molecular complexity index is 4160. The maximum absolute atomic E-state index is 13.0. The van der Waals surface area contributed by atoms with Gasteiger partial charge in [0.05, 0.1) is 76.8 Å². The predicted molar refractivity (Wildman–Crippen MR) is 379 cm³/mol. The maximum atomic E-state index is 13.0. The first-order chi connectivity index (χ1) is 50.0. The van der Waals surface area contributed by atoms with Gasteiger partial charge < -0.3 is 80.6 Å². The second-order valence-electron chi connectivity index (χ2n) is 22.5. The van der Waals surface area contributed by atoms with Gasteiger partial charge in [0.1, 0.15) is 88.7 Å². The second-order valence-corrected chi connectivity index (χ2v) is 22.5. The van der Waals surface area contributed by atoms with Crippen LogP contribution in [0.4, 0.5) is 0 Å². The van der Waals surface area contributed by atoms with Crippen LogP contribution in [0.25, 0.3) is 44.2 Å². The van der Waals surface area contributed by atoms with Crippen molar-refractivity contribution in [2.75, 3.05) is 81.3 Å². The van der Waals surface area contributed by atoms with Crippen LogP contribution in [0.1, 0.15) is 85.5 Å². The lowest BCUT2D eigenvalue weighted by Crippen LogP contribution is -2.24. The zero-order valence-corrected chi connectivity index (χ0v) is 59.1. The maximum Gasteiger partial charge on any atom is 0.346 e. The highest BCUT2D eigenvalue weighted by atomic mass is 16.6. The number of aliphatic carboxylic acids is 2. The number of hydrogen-bond acceptors (Lipinski definition) is 25. The molecule has 0 aliphatic rings. The lowest BCUT2D eigenvalue weighted by atomic mass is 10.1. The Hall–Kier alpha value is -11.7. The summed E-state index contributed by atoms with van der Waals surface area (Å²) < 4.78 is 77.9. The van der Waals surface area contributed by atoms with Gasteiger partial charge in [-0.1, -0.05) is 24.3 Å². The number of hydrogen-bond donors (Lipinski definition) is 2. The number of fused-ring (bicyclic) bond motifs is 2. The lowest BCUT2D eigenvalue weighted by Gasteiger charge is -2.12. The molecule has 0 amide bonds. The summed E-state index contributed by atoms with van der Waals surface area (Å²) >= 11 is 0. The number of carboxylic acids is 2. The van der Waals surface area contributed by atoms with E-state index in [-0.39, 0.29) is 67.8 Å². The minimum absolute atomic E-state index is 0.0606. The van der Waals surface area contributed by atoms with Crippen LogP contribution in [0.15, 0.2) is 164 Å². The van der Waals surface area contributed by atoms with Crippen molar-refractivity contribution in [2.24, 2.45) is 0 Å². The number of rotatable bonds is 38. The van der Waals surface area contributed by atoms with Crippen LogP contribution in [0.5, 0.6) is 46.0 Å². The number of Topliss-reactive ketones (excluding diaryl/α,β-unsaturated/α-hetero) is 2. The molecule has 0 fully saturated rings. The van der Waals surface area contributed by atoms with Gasteiger partial charge in [-0.3, -0.25) is 28.8 Å². The van der Waals surface area contributed by atoms with Gasteiger partial charge >= 0.3 is 35.8 Å². The molecule has 0 bridgehead atoms. The molecule has 0 radical (unpaired) electrons. The van der Waals surface area contributed by atoms with Gasteiger partial charge in [-0.2, -0.15) is 0 Å². The van der Waals surface area contributed by atoms with E-state index in [1.54, 1.807) is 147 Å². The number of carbonyl (C=O) groups is 8. The average Bonchev–Trinajstić information content (AvgIpc) is 0.796. The smallest absolute Gasteiger partial charge is 0.346 e. The Labute approximate surface area is 599 Å². The fourth-order valence-corrected chi connectivity index (χ4v) is 8.87. The summed E-state index contributed by atoms with van der Waals surface area (Å²) in [7, 11) is 5.29. The van der Waals surface area contributed by atoms with Gasteiger partial charge in [0.25, 0.3) is 0 Å². The van der Waals surface area contributed by atoms with Crippen LogP contribution in [-0.2, 0) is 62.0 Å². The molecule has 0 saturated carbocycles. The molecule has 2 atom stereocenters. The summed E-state index contributed by atoms with van der Waals surface area (Å²) in [5.74, 6) is 1.21. The van der Waals surface area contributed by atoms with E-state index >= 15 is 0 Å². The highest BCUT2D eigenvalue weighted by Crippen LogP contribution is 2.28. The molecular weight excluding hydrogens is 1360 g/mol. The molecule has 8 rings (SSSR count). The summed E-state index contributed by atoms with van der Waals surface area (Å²) in [5, 5.41) is 18.0. The predicted octanol–water partition coefficient (Wildman–Crippen LogP) is 11.7. The van der Waals surface area contributed by atoms with Crippen LogP contribution in [0.2, 0.25) is 0 Å². The fourth-order valence-electron chi connectivity index (χ4n) is 8.87. The Kier molecular flexibility index (Phi) is 36.0. The molecule has 2 aromatic heterocycles. The lowest BCUT2D eigenvalue weighted by molar-refractivity contribution is -0.148. The van der Waals surface area contributed by atoms with Gasteiger partial charge in [0, 0.05) is 31.4 Å². The SMILES string of the molecule is CC(=O)C(C)Oc1ccc(-c2coc3cc(OCCCCCC(=O)O)ccc3c2=O)cc1.CC(=O)CCOc1ccc(-c2coc3cc(OCCOCC(=O)O)ccc3c2=O)cc1.COC(=O)CCCCCOc1ccc(OCC(=O)OC)cc1.COC(=O)COc1ccc(OC(C)C(=O)OC)cc1. The number of carbonyl (C=O) groups excluding carboxylic acids is 6. The number of ether oxygens (including phenoxy) is 13. The van der Waals surface area contributed by atoms with Crippen LogP contribution in [-0.4, -0.2) is 151 Å². The molecular formula is C77H86O27. The van der Waals surface area contributed by atoms with Crippen LogP contribution in [0, 0.1) is 0 Å². The highest BCUT2D eigenvalue weighted by molar-refractivity contribution is 5.84. The molecule has 2 N–H and O–H groups in total. The third kappa shape index (κ3) is 30.2. The monoisotopic (exact) mass is 1440 g/mol. The number of carboxylic acid groups (broad SMARTS) is 2. The van der Waals surface area contributed by atoms with Crippen molar-refractivity contribution in [3.8, 4) is 68.2 Å². The minimum Gasteiger partial charge on any atom is -0.494 e. The molecule has 0 aliphatic carbocycles. The number of methoxy groups -OCH3 is 4. The van der Waals surface area contributed by atoms with Crippen molar-refractivity contribution < 1.29 is 119 Å². The normalized spacial score (nSPS) is 11.0. The molecule has 27 heteroatoms. The Balaban J connectivity index is 0.000000255. The van der Waals surface area contributed by atoms with Gasteiger partial charge in [-0.25, -0.2) is 19.2 Å². The summed E-state index contributed by atoms with van der Waals surface area (Å²) in [6, 6.07) is 37.4. The van der Waals surface area contributed by atoms with E-state index in [0.717, 1.165) is 37.9 Å². The minimum atomic E-state index is -1.04. The molecule has 556 valence electrons. The first-order valence-corrected chi connectivity index (χ1v) is 32.9. The first kappa shape index (κ1) is 82.9. The first-order valence-electron chi connectivity index (χ1n) is 32.9. The molecule has 0 aliphatic heterocycles. The third-order valence-electron chi connectivity index (χ3n) is 14.6. The van der Waals surface area contributed by atoms with E-state index in [2.05, 4.69) is 18.9 Å². The summed E-state index contributed by atoms with van der Waals surface area (Å²) in [6.07, 6.45) is 7.29. The third-order valence-corrected chi connectivity index (χ3v) is 14.6. The largest absolute Gasteiger partial charge is 0.494 e. The number of esters is 4. The standard InChI is InChI=1S/C25H26O7.C23H22O8.C16H22O6.C13H16O6/c1-16(26)17(2)32-19-9-7-18(8-10-19)22-15-31-23-14-20(11-12-21(23)25(22)29)30-13-5-3-4-6-24(27)28;1-15(24)8-9-29-17-4-2-16(3-5-17)20-13-31-21-12-18(6-7-19(21)23(20)27)30-11-10-28-14-22(25)26;1-19-15(17)6-4-3-5-11-21-13-7-9-14(10-8-13)22-12-16(18)20-2;1-9(13(15)17-3)19-11-6-4-10(5-7-11)18-8-12(14)16-2/h7-12,14-15,17H,3-6,13H2,1-2H3,(H,27,28);2-7,12-13H,8-11,14H2,1H3,(H,25,26);7-10H,3-6,11-12H2,1-2H3;4-7,9H,8H2,1-3H3. The quantitative estimate of drug-likeness (QED) is 0.0206. The van der Waals surface area contributed by atoms with E-state index in [0.29, 0.717) is 124 Å². The van der Waals surface area contributed by atoms with E-state index in [9.17, 15) is 47.9 Å². The molecule has 27 nitrogen and oxygen atoms in total. The number of ketones is 2. The van der Waals surface area contributed by atoms with Crippen molar-refractivity contribution >= 4 is 69.3 Å². The van der Waals surface area contributed by atoms with Gasteiger partial charge in [0.2, 0.25) is 0 Å². The van der Waals surface area contributed by atoms with E-state index in [1.165, 1.54) is 54.8 Å². The number of benzene rings is 6. The molecule has 0 saturated heterocycles. The zero-order chi connectivity index (χ0) is 75.8. The van der Waals surface area contributed by atoms with Crippen molar-refractivity contribution in [1.29, 1.82) is 0 Å². The topological polar surface area (TPSA) is 357 Å². The second kappa shape index (κ2) is 45.2. The van der Waals surface area contributed by atoms with E-state index in [1.807, 2.05) is 0 Å². The molecule has 6 aromatic carbocycles. The Morgan fingerprint density at radius 2 is 0.779 bits per heavy atom. The Morgan fingerprint density at radius 1 is 0.385 bits per heavy atom.